The zero-order valence-electron chi connectivity index (χ0n) is 9.93. The number of alkyl halides is 3. The van der Waals surface area contributed by atoms with Crippen molar-refractivity contribution in [3.8, 4) is 0 Å². The third-order valence-corrected chi connectivity index (χ3v) is 2.70. The van der Waals surface area contributed by atoms with Crippen molar-refractivity contribution in [1.29, 1.82) is 0 Å². The number of hydrogen-bond donors (Lipinski definition) is 2. The number of halogens is 4. The Morgan fingerprint density at radius 3 is 2.53 bits per heavy atom. The number of unbranched alkanes of at least 4 members (excludes halogenated alkanes) is 1. The molecule has 0 aliphatic heterocycles. The quantitative estimate of drug-likeness (QED) is 0.817. The van der Waals surface area contributed by atoms with E-state index in [-0.39, 0.29) is 29.6 Å². The normalized spacial score (nSPS) is 11.4. The molecule has 0 aromatic heterocycles. The fraction of sp³-hybridized carbons (Fsp3) is 0.417. The summed E-state index contributed by atoms with van der Waals surface area (Å²) in [5.74, 6) is -0.352. The molecule has 19 heavy (non-hydrogen) atoms. The minimum Gasteiger partial charge on any atom is -0.396 e. The van der Waals surface area contributed by atoms with Gasteiger partial charge in [0.2, 0.25) is 5.91 Å². The van der Waals surface area contributed by atoms with Crippen molar-refractivity contribution in [3.63, 3.8) is 0 Å². The van der Waals surface area contributed by atoms with E-state index in [2.05, 4.69) is 5.32 Å². The molecule has 3 nitrogen and oxygen atoms in total. The Bertz CT molecular complexity index is 449. The van der Waals surface area contributed by atoms with Crippen LogP contribution in [0, 0.1) is 0 Å². The predicted molar refractivity (Wildman–Crippen MR) is 66.0 cm³/mol. The number of benzene rings is 1. The Morgan fingerprint density at radius 1 is 1.32 bits per heavy atom. The summed E-state index contributed by atoms with van der Waals surface area (Å²) in [4.78, 5) is 11.4. The van der Waals surface area contributed by atoms with E-state index in [9.17, 15) is 18.0 Å². The van der Waals surface area contributed by atoms with Crippen molar-refractivity contribution in [2.24, 2.45) is 0 Å². The van der Waals surface area contributed by atoms with Crippen LogP contribution in [0.3, 0.4) is 0 Å². The van der Waals surface area contributed by atoms with Crippen LogP contribution in [0.1, 0.15) is 24.8 Å². The van der Waals surface area contributed by atoms with Crippen molar-refractivity contribution in [2.75, 3.05) is 11.9 Å². The maximum atomic E-state index is 12.4. The van der Waals surface area contributed by atoms with Gasteiger partial charge in [0, 0.05) is 13.0 Å². The first-order valence-corrected chi connectivity index (χ1v) is 6.00. The third-order valence-electron chi connectivity index (χ3n) is 2.38. The van der Waals surface area contributed by atoms with Crippen LogP contribution in [0.4, 0.5) is 18.9 Å². The molecular weight excluding hydrogens is 283 g/mol. The Hall–Kier alpha value is -1.27. The molecule has 0 aliphatic carbocycles. The van der Waals surface area contributed by atoms with E-state index in [0.29, 0.717) is 12.8 Å². The van der Waals surface area contributed by atoms with Crippen LogP contribution in [0.2, 0.25) is 5.02 Å². The van der Waals surface area contributed by atoms with Gasteiger partial charge in [-0.2, -0.15) is 13.2 Å². The first kappa shape index (κ1) is 15.8. The molecule has 106 valence electrons. The van der Waals surface area contributed by atoms with Crippen molar-refractivity contribution < 1.29 is 23.1 Å². The van der Waals surface area contributed by atoms with E-state index in [1.807, 2.05) is 0 Å². The van der Waals surface area contributed by atoms with Gasteiger partial charge in [-0.25, -0.2) is 0 Å². The van der Waals surface area contributed by atoms with Crippen LogP contribution in [-0.4, -0.2) is 17.6 Å². The van der Waals surface area contributed by atoms with Gasteiger partial charge in [-0.15, -0.1) is 0 Å². The van der Waals surface area contributed by atoms with Crippen LogP contribution < -0.4 is 5.32 Å². The summed E-state index contributed by atoms with van der Waals surface area (Å²) < 4.78 is 37.2. The number of anilines is 1. The first-order valence-electron chi connectivity index (χ1n) is 5.62. The van der Waals surface area contributed by atoms with Gasteiger partial charge in [0.25, 0.3) is 0 Å². The van der Waals surface area contributed by atoms with Gasteiger partial charge in [0.05, 0.1) is 16.3 Å². The number of aliphatic hydroxyl groups excluding tert-OH is 1. The van der Waals surface area contributed by atoms with Crippen molar-refractivity contribution in [1.82, 2.24) is 0 Å². The summed E-state index contributed by atoms with van der Waals surface area (Å²) in [5.41, 5.74) is -0.723. The van der Waals surface area contributed by atoms with Gasteiger partial charge in [0.1, 0.15) is 0 Å². The Balaban J connectivity index is 2.67. The molecule has 0 saturated carbocycles. The molecule has 2 N–H and O–H groups in total. The second-order valence-corrected chi connectivity index (χ2v) is 4.33. The number of carbonyl (C=O) groups excluding carboxylic acids is 1. The molecule has 1 amide bonds. The average Bonchev–Trinajstić information content (AvgIpc) is 2.31. The minimum atomic E-state index is -4.46. The lowest BCUT2D eigenvalue weighted by Crippen LogP contribution is -2.12. The summed E-state index contributed by atoms with van der Waals surface area (Å²) in [6.45, 7) is -0.00564. The first-order chi connectivity index (χ1) is 8.84. The van der Waals surface area contributed by atoms with Crippen LogP contribution in [0.5, 0.6) is 0 Å². The van der Waals surface area contributed by atoms with Crippen LogP contribution in [0.15, 0.2) is 18.2 Å². The lowest BCUT2D eigenvalue weighted by Gasteiger charge is -2.11. The van der Waals surface area contributed by atoms with Gasteiger partial charge in [-0.05, 0) is 31.0 Å². The summed E-state index contributed by atoms with van der Waals surface area (Å²) in [7, 11) is 0. The highest BCUT2D eigenvalue weighted by Gasteiger charge is 2.30. The molecule has 0 atom stereocenters. The molecule has 1 aromatic carbocycles. The largest absolute Gasteiger partial charge is 0.416 e. The molecule has 0 fully saturated rings. The molecule has 0 bridgehead atoms. The highest BCUT2D eigenvalue weighted by atomic mass is 35.5. The number of rotatable bonds is 5. The number of hydrogen-bond acceptors (Lipinski definition) is 2. The maximum absolute atomic E-state index is 12.4. The average molecular weight is 296 g/mol. The lowest BCUT2D eigenvalue weighted by molar-refractivity contribution is -0.137. The summed E-state index contributed by atoms with van der Waals surface area (Å²) >= 11 is 5.69. The standard InChI is InChI=1S/C12H13ClF3NO2/c13-9-7-8(12(14,15)16)4-5-10(9)17-11(19)3-1-2-6-18/h4-5,7,18H,1-3,6H2,(H,17,19). The second kappa shape index (κ2) is 6.77. The highest BCUT2D eigenvalue weighted by molar-refractivity contribution is 6.33. The number of aliphatic hydroxyl groups is 1. The summed E-state index contributed by atoms with van der Waals surface area (Å²) in [5, 5.41) is 10.8. The molecule has 0 unspecified atom stereocenters. The SMILES string of the molecule is O=C(CCCCO)Nc1ccc(C(F)(F)F)cc1Cl. The molecule has 1 rings (SSSR count). The van der Waals surface area contributed by atoms with E-state index in [4.69, 9.17) is 16.7 Å². The van der Waals surface area contributed by atoms with Crippen LogP contribution in [-0.2, 0) is 11.0 Å². The number of nitrogens with one attached hydrogen (secondary N) is 1. The zero-order chi connectivity index (χ0) is 14.5. The lowest BCUT2D eigenvalue weighted by atomic mass is 10.2. The molecule has 0 aliphatic rings. The smallest absolute Gasteiger partial charge is 0.396 e. The van der Waals surface area contributed by atoms with Gasteiger partial charge in [-0.1, -0.05) is 11.6 Å². The van der Waals surface area contributed by atoms with Gasteiger partial charge in [-0.3, -0.25) is 4.79 Å². The molecule has 7 heteroatoms. The van der Waals surface area contributed by atoms with Gasteiger partial charge < -0.3 is 10.4 Å². The predicted octanol–water partition coefficient (Wildman–Crippen LogP) is 3.46. The van der Waals surface area contributed by atoms with Gasteiger partial charge in [0.15, 0.2) is 0 Å². The summed E-state index contributed by atoms with van der Waals surface area (Å²) in [6.07, 6.45) is -3.29. The van der Waals surface area contributed by atoms with Crippen LogP contribution in [0.25, 0.3) is 0 Å². The minimum absolute atomic E-state index is 0.00564. The number of carbonyl (C=O) groups is 1. The van der Waals surface area contributed by atoms with E-state index in [0.717, 1.165) is 18.2 Å². The Morgan fingerprint density at radius 2 is 2.00 bits per heavy atom. The Labute approximate surface area is 113 Å². The van der Waals surface area contributed by atoms with E-state index < -0.39 is 11.7 Å². The highest BCUT2D eigenvalue weighted by Crippen LogP contribution is 2.33. The molecule has 0 heterocycles. The molecule has 0 spiro atoms. The second-order valence-electron chi connectivity index (χ2n) is 3.92. The van der Waals surface area contributed by atoms with E-state index >= 15 is 0 Å². The van der Waals surface area contributed by atoms with Crippen LogP contribution >= 0.6 is 11.6 Å². The molecular formula is C12H13ClF3NO2. The maximum Gasteiger partial charge on any atom is 0.416 e. The molecule has 0 saturated heterocycles. The monoisotopic (exact) mass is 295 g/mol. The number of amides is 1. The molecule has 0 radical (unpaired) electrons. The Kier molecular flexibility index (Phi) is 5.62. The van der Waals surface area contributed by atoms with E-state index in [1.165, 1.54) is 0 Å². The van der Waals surface area contributed by atoms with Crippen molar-refractivity contribution >= 4 is 23.2 Å². The van der Waals surface area contributed by atoms with Gasteiger partial charge >= 0.3 is 6.18 Å². The van der Waals surface area contributed by atoms with Crippen molar-refractivity contribution in [3.05, 3.63) is 28.8 Å². The molecule has 1 aromatic rings. The fourth-order valence-electron chi connectivity index (χ4n) is 1.40. The topological polar surface area (TPSA) is 49.3 Å². The van der Waals surface area contributed by atoms with Crippen molar-refractivity contribution in [2.45, 2.75) is 25.4 Å². The summed E-state index contributed by atoms with van der Waals surface area (Å²) in [6, 6.07) is 2.75. The third kappa shape index (κ3) is 5.08. The fourth-order valence-corrected chi connectivity index (χ4v) is 1.63. The zero-order valence-corrected chi connectivity index (χ0v) is 10.7. The van der Waals surface area contributed by atoms with E-state index in [1.54, 1.807) is 0 Å².